The van der Waals surface area contributed by atoms with Gasteiger partial charge in [-0.3, -0.25) is 4.79 Å². The third-order valence-electron chi connectivity index (χ3n) is 3.54. The van der Waals surface area contributed by atoms with E-state index in [1.54, 1.807) is 20.8 Å². The van der Waals surface area contributed by atoms with Gasteiger partial charge in [-0.2, -0.15) is 18.2 Å². The lowest BCUT2D eigenvalue weighted by molar-refractivity contribution is -0.138. The second-order valence-corrected chi connectivity index (χ2v) is 7.78. The van der Waals surface area contributed by atoms with Crippen molar-refractivity contribution in [3.8, 4) is 0 Å². The van der Waals surface area contributed by atoms with Crippen LogP contribution in [0, 0.1) is 0 Å². The second-order valence-electron chi connectivity index (χ2n) is 7.78. The molecule has 4 nitrogen and oxygen atoms in total. The summed E-state index contributed by atoms with van der Waals surface area (Å²) in [6, 6.07) is 2.30. The van der Waals surface area contributed by atoms with Crippen LogP contribution < -0.4 is 11.5 Å². The Hall–Kier alpha value is -2.05. The molecule has 1 aromatic carbocycles. The molecule has 4 N–H and O–H groups in total. The van der Waals surface area contributed by atoms with E-state index in [-0.39, 0.29) is 11.1 Å². The number of guanidine groups is 1. The highest BCUT2D eigenvalue weighted by Crippen LogP contribution is 2.41. The van der Waals surface area contributed by atoms with E-state index in [1.807, 2.05) is 20.8 Å². The summed E-state index contributed by atoms with van der Waals surface area (Å²) in [5, 5.41) is 0. The summed E-state index contributed by atoms with van der Waals surface area (Å²) in [5.41, 5.74) is 8.69. The van der Waals surface area contributed by atoms with E-state index in [9.17, 15) is 18.0 Å². The van der Waals surface area contributed by atoms with Gasteiger partial charge >= 0.3 is 6.18 Å². The van der Waals surface area contributed by atoms with Crippen LogP contribution in [-0.4, -0.2) is 11.9 Å². The number of halogens is 3. The minimum absolute atomic E-state index is 0.126. The van der Waals surface area contributed by atoms with Gasteiger partial charge in [0, 0.05) is 5.56 Å². The molecule has 7 heteroatoms. The fourth-order valence-electron chi connectivity index (χ4n) is 2.43. The highest BCUT2D eigenvalue weighted by molar-refractivity contribution is 6.03. The Morgan fingerprint density at radius 2 is 1.33 bits per heavy atom. The largest absolute Gasteiger partial charge is 0.416 e. The number of nitrogens with zero attached hydrogens (tertiary/aromatic N) is 1. The van der Waals surface area contributed by atoms with Crippen LogP contribution in [0.3, 0.4) is 0 Å². The first-order valence-electron chi connectivity index (χ1n) is 7.45. The average Bonchev–Trinajstić information content (AvgIpc) is 2.32. The van der Waals surface area contributed by atoms with E-state index < -0.39 is 34.4 Å². The minimum Gasteiger partial charge on any atom is -0.370 e. The summed E-state index contributed by atoms with van der Waals surface area (Å²) in [6.07, 6.45) is -4.59. The zero-order valence-corrected chi connectivity index (χ0v) is 14.8. The molecular weight excluding hydrogens is 319 g/mol. The highest BCUT2D eigenvalue weighted by Gasteiger charge is 2.39. The van der Waals surface area contributed by atoms with Crippen molar-refractivity contribution in [1.82, 2.24) is 0 Å². The number of nitrogens with two attached hydrogens (primary N) is 2. The molecule has 0 spiro atoms. The van der Waals surface area contributed by atoms with Crippen LogP contribution in [0.15, 0.2) is 17.1 Å². The maximum absolute atomic E-state index is 13.5. The normalized spacial score (nSPS) is 12.9. The summed E-state index contributed by atoms with van der Waals surface area (Å²) < 4.78 is 40.5. The number of hydrogen-bond acceptors (Lipinski definition) is 1. The number of amides is 1. The molecule has 0 radical (unpaired) electrons. The lowest BCUT2D eigenvalue weighted by atomic mass is 9.76. The number of benzene rings is 1. The molecule has 24 heavy (non-hydrogen) atoms. The summed E-state index contributed by atoms with van der Waals surface area (Å²) in [5.74, 6) is -1.38. The van der Waals surface area contributed by atoms with Crippen molar-refractivity contribution in [2.24, 2.45) is 16.5 Å². The quantitative estimate of drug-likeness (QED) is 0.602. The predicted molar refractivity (Wildman–Crippen MR) is 89.0 cm³/mol. The number of rotatable bonds is 1. The number of hydrogen-bond donors (Lipinski definition) is 2. The Morgan fingerprint density at radius 3 is 1.67 bits per heavy atom. The van der Waals surface area contributed by atoms with Crippen LogP contribution in [0.5, 0.6) is 0 Å². The second kappa shape index (κ2) is 6.11. The molecule has 0 aliphatic heterocycles. The SMILES string of the molecule is CC(C)(C)c1cc(C(C)(C)C)c(C(F)(F)F)cc1C(=O)N=C(N)N. The van der Waals surface area contributed by atoms with Crippen LogP contribution in [0.25, 0.3) is 0 Å². The molecule has 0 fully saturated rings. The summed E-state index contributed by atoms with van der Waals surface area (Å²) in [6.45, 7) is 10.5. The van der Waals surface area contributed by atoms with Crippen LogP contribution in [0.1, 0.15) is 68.6 Å². The Balaban J connectivity index is 3.89. The molecule has 0 aliphatic rings. The first-order valence-corrected chi connectivity index (χ1v) is 7.45. The Morgan fingerprint density at radius 1 is 0.875 bits per heavy atom. The van der Waals surface area contributed by atoms with Crippen LogP contribution in [0.4, 0.5) is 13.2 Å². The third kappa shape index (κ3) is 4.49. The molecule has 0 heterocycles. The van der Waals surface area contributed by atoms with Crippen molar-refractivity contribution in [2.75, 3.05) is 0 Å². The number of carbonyl (C=O) groups excluding carboxylic acids is 1. The van der Waals surface area contributed by atoms with Gasteiger partial charge in [0.1, 0.15) is 0 Å². The summed E-state index contributed by atoms with van der Waals surface area (Å²) in [4.78, 5) is 15.7. The van der Waals surface area contributed by atoms with Gasteiger partial charge in [-0.05, 0) is 28.0 Å². The summed E-state index contributed by atoms with van der Waals surface area (Å²) in [7, 11) is 0. The molecule has 1 aromatic rings. The lowest BCUT2D eigenvalue weighted by Gasteiger charge is -2.29. The van der Waals surface area contributed by atoms with Gasteiger partial charge < -0.3 is 11.5 Å². The molecule has 0 unspecified atom stereocenters. The van der Waals surface area contributed by atoms with Crippen molar-refractivity contribution < 1.29 is 18.0 Å². The molecule has 0 saturated carbocycles. The van der Waals surface area contributed by atoms with Gasteiger partial charge in [-0.15, -0.1) is 0 Å². The van der Waals surface area contributed by atoms with Crippen molar-refractivity contribution in [3.05, 3.63) is 34.4 Å². The monoisotopic (exact) mass is 343 g/mol. The van der Waals surface area contributed by atoms with E-state index in [0.717, 1.165) is 6.07 Å². The molecule has 134 valence electrons. The van der Waals surface area contributed by atoms with E-state index in [0.29, 0.717) is 5.56 Å². The Labute approximate surface area is 140 Å². The Bertz CT molecular complexity index is 674. The zero-order chi connectivity index (χ0) is 19.1. The molecular formula is C17H24F3N3O. The first-order chi connectivity index (χ1) is 10.5. The van der Waals surface area contributed by atoms with Crippen molar-refractivity contribution in [3.63, 3.8) is 0 Å². The van der Waals surface area contributed by atoms with Crippen LogP contribution >= 0.6 is 0 Å². The van der Waals surface area contributed by atoms with E-state index in [1.165, 1.54) is 6.07 Å². The fourth-order valence-corrected chi connectivity index (χ4v) is 2.43. The lowest BCUT2D eigenvalue weighted by Crippen LogP contribution is -2.27. The number of aliphatic imine (C=N–C) groups is 1. The molecule has 0 aromatic heterocycles. The highest BCUT2D eigenvalue weighted by atomic mass is 19.4. The standard InChI is InChI=1S/C17H24F3N3O/c1-15(2,3)10-8-11(16(4,5)6)12(17(18,19)20)7-9(10)13(24)23-14(21)22/h7-8H,1-6H3,(H4,21,22,23,24). The van der Waals surface area contributed by atoms with Gasteiger partial charge in [0.15, 0.2) is 5.96 Å². The third-order valence-corrected chi connectivity index (χ3v) is 3.54. The molecule has 0 aliphatic carbocycles. The molecule has 0 saturated heterocycles. The number of carbonyl (C=O) groups is 1. The maximum Gasteiger partial charge on any atom is 0.416 e. The minimum atomic E-state index is -4.59. The van der Waals surface area contributed by atoms with Gasteiger partial charge in [-0.1, -0.05) is 47.6 Å². The topological polar surface area (TPSA) is 81.5 Å². The van der Waals surface area contributed by atoms with Crippen molar-refractivity contribution in [2.45, 2.75) is 58.5 Å². The van der Waals surface area contributed by atoms with Crippen LogP contribution in [0.2, 0.25) is 0 Å². The first kappa shape index (κ1) is 20.0. The zero-order valence-electron chi connectivity index (χ0n) is 14.8. The average molecular weight is 343 g/mol. The van der Waals surface area contributed by atoms with E-state index in [2.05, 4.69) is 4.99 Å². The van der Waals surface area contributed by atoms with Gasteiger partial charge in [0.25, 0.3) is 5.91 Å². The van der Waals surface area contributed by atoms with E-state index >= 15 is 0 Å². The number of alkyl halides is 3. The van der Waals surface area contributed by atoms with Crippen LogP contribution in [-0.2, 0) is 17.0 Å². The fraction of sp³-hybridized carbons (Fsp3) is 0.529. The molecule has 1 amide bonds. The Kier molecular flexibility index (Phi) is 5.09. The molecule has 0 bridgehead atoms. The summed E-state index contributed by atoms with van der Waals surface area (Å²) >= 11 is 0. The predicted octanol–water partition coefficient (Wildman–Crippen LogP) is 3.71. The van der Waals surface area contributed by atoms with Crippen molar-refractivity contribution >= 4 is 11.9 Å². The molecule has 1 rings (SSSR count). The van der Waals surface area contributed by atoms with Crippen molar-refractivity contribution in [1.29, 1.82) is 0 Å². The van der Waals surface area contributed by atoms with Gasteiger partial charge in [0.2, 0.25) is 0 Å². The van der Waals surface area contributed by atoms with Gasteiger partial charge in [0.05, 0.1) is 5.56 Å². The van der Waals surface area contributed by atoms with E-state index in [4.69, 9.17) is 11.5 Å². The maximum atomic E-state index is 13.5. The van der Waals surface area contributed by atoms with Gasteiger partial charge in [-0.25, -0.2) is 0 Å². The smallest absolute Gasteiger partial charge is 0.370 e. The molecule has 0 atom stereocenters.